The maximum atomic E-state index is 3.36. The molecule has 0 spiro atoms. The van der Waals surface area contributed by atoms with Crippen LogP contribution in [0.5, 0.6) is 0 Å². The lowest BCUT2D eigenvalue weighted by Gasteiger charge is -2.12. The van der Waals surface area contributed by atoms with Crippen LogP contribution in [0, 0.1) is 0 Å². The fraction of sp³-hybridized carbons (Fsp3) is 0.0588. The van der Waals surface area contributed by atoms with Gasteiger partial charge in [-0.15, -0.1) is 22.7 Å². The van der Waals surface area contributed by atoms with Crippen LogP contribution in [0.25, 0.3) is 9.75 Å². The first-order valence-corrected chi connectivity index (χ1v) is 8.51. The van der Waals surface area contributed by atoms with Gasteiger partial charge in [-0.3, -0.25) is 0 Å². The Labute approximate surface area is 131 Å². The minimum absolute atomic E-state index is 0.244. The number of aromatic nitrogens is 2. The Bertz CT molecular complexity index is 759. The minimum Gasteiger partial charge on any atom is -0.364 e. The first kappa shape index (κ1) is 12.7. The quantitative estimate of drug-likeness (QED) is 0.512. The first-order valence-electron chi connectivity index (χ1n) is 6.82. The summed E-state index contributed by atoms with van der Waals surface area (Å²) in [6.07, 6.45) is 3.97. The van der Waals surface area contributed by atoms with Gasteiger partial charge in [-0.2, -0.15) is 0 Å². The van der Waals surface area contributed by atoms with Crippen LogP contribution in [0.1, 0.15) is 22.2 Å². The van der Waals surface area contributed by atoms with Crippen molar-refractivity contribution in [3.05, 3.63) is 82.6 Å². The first-order chi connectivity index (χ1) is 10.4. The summed E-state index contributed by atoms with van der Waals surface area (Å²) in [5.74, 6) is 0.244. The van der Waals surface area contributed by atoms with E-state index in [1.165, 1.54) is 26.0 Å². The molecule has 0 aromatic carbocycles. The number of hydrogen-bond donors (Lipinski definition) is 2. The van der Waals surface area contributed by atoms with Gasteiger partial charge in [0.2, 0.25) is 0 Å². The van der Waals surface area contributed by atoms with Crippen molar-refractivity contribution in [2.45, 2.75) is 5.92 Å². The molecular formula is C17H14N2S2. The molecule has 0 amide bonds. The van der Waals surface area contributed by atoms with Crippen LogP contribution in [-0.4, -0.2) is 9.97 Å². The zero-order chi connectivity index (χ0) is 14.1. The van der Waals surface area contributed by atoms with Crippen LogP contribution in [0.3, 0.4) is 0 Å². The lowest BCUT2D eigenvalue weighted by atomic mass is 10.00. The van der Waals surface area contributed by atoms with E-state index in [1.807, 2.05) is 23.7 Å². The molecular weight excluding hydrogens is 296 g/mol. The standard InChI is InChI=1S/C17H14N2S2/c1-4-12(18-9-1)17(13-5-2-10-19-13)16-8-7-15(21-16)14-6-3-11-20-14/h1-11,17-19H. The Balaban J connectivity index is 1.78. The van der Waals surface area contributed by atoms with Crippen LogP contribution in [-0.2, 0) is 0 Å². The predicted molar refractivity (Wildman–Crippen MR) is 90.2 cm³/mol. The Morgan fingerprint density at radius 1 is 0.762 bits per heavy atom. The summed E-state index contributed by atoms with van der Waals surface area (Å²) in [4.78, 5) is 10.7. The molecule has 21 heavy (non-hydrogen) atoms. The Morgan fingerprint density at radius 3 is 2.10 bits per heavy atom. The summed E-state index contributed by atoms with van der Waals surface area (Å²) < 4.78 is 0. The molecule has 4 aromatic rings. The number of hydrogen-bond acceptors (Lipinski definition) is 2. The molecule has 0 aliphatic rings. The third-order valence-corrected chi connectivity index (χ3v) is 5.76. The molecule has 0 fully saturated rings. The van der Waals surface area contributed by atoms with Crippen molar-refractivity contribution < 1.29 is 0 Å². The Hall–Kier alpha value is -2.04. The molecule has 0 aliphatic carbocycles. The molecule has 4 rings (SSSR count). The molecule has 0 aliphatic heterocycles. The highest BCUT2D eigenvalue weighted by atomic mass is 32.1. The maximum absolute atomic E-state index is 3.36. The molecule has 2 nitrogen and oxygen atoms in total. The van der Waals surface area contributed by atoms with E-state index in [4.69, 9.17) is 0 Å². The summed E-state index contributed by atoms with van der Waals surface area (Å²) in [7, 11) is 0. The number of nitrogens with one attached hydrogen (secondary N) is 2. The van der Waals surface area contributed by atoms with Crippen LogP contribution < -0.4 is 0 Å². The molecule has 4 aromatic heterocycles. The molecule has 2 N–H and O–H groups in total. The van der Waals surface area contributed by atoms with Crippen LogP contribution in [0.15, 0.2) is 66.3 Å². The second-order valence-electron chi connectivity index (χ2n) is 4.86. The molecule has 104 valence electrons. The lowest BCUT2D eigenvalue weighted by molar-refractivity contribution is 0.917. The minimum atomic E-state index is 0.244. The molecule has 0 radical (unpaired) electrons. The zero-order valence-corrected chi connectivity index (χ0v) is 12.9. The molecule has 4 heteroatoms. The van der Waals surface area contributed by atoms with Crippen molar-refractivity contribution in [3.63, 3.8) is 0 Å². The Morgan fingerprint density at radius 2 is 1.52 bits per heavy atom. The summed E-state index contributed by atoms with van der Waals surface area (Å²) in [6, 6.07) is 17.2. The van der Waals surface area contributed by atoms with Gasteiger partial charge in [-0.1, -0.05) is 6.07 Å². The average Bonchev–Trinajstić information content (AvgIpc) is 3.30. The third kappa shape index (κ3) is 2.37. The highest BCUT2D eigenvalue weighted by molar-refractivity contribution is 7.21. The van der Waals surface area contributed by atoms with Crippen molar-refractivity contribution in [1.29, 1.82) is 0 Å². The van der Waals surface area contributed by atoms with Crippen molar-refractivity contribution in [2.75, 3.05) is 0 Å². The van der Waals surface area contributed by atoms with Gasteiger partial charge in [0.1, 0.15) is 0 Å². The normalized spacial score (nSPS) is 11.3. The van der Waals surface area contributed by atoms with Gasteiger partial charge in [-0.05, 0) is 47.8 Å². The van der Waals surface area contributed by atoms with Crippen LogP contribution in [0.4, 0.5) is 0 Å². The highest BCUT2D eigenvalue weighted by Crippen LogP contribution is 2.39. The van der Waals surface area contributed by atoms with Gasteiger partial charge in [0, 0.05) is 38.4 Å². The summed E-state index contributed by atoms with van der Waals surface area (Å²) in [6.45, 7) is 0. The van der Waals surface area contributed by atoms with Gasteiger partial charge in [0.15, 0.2) is 0 Å². The van der Waals surface area contributed by atoms with E-state index in [2.05, 4.69) is 63.9 Å². The molecule has 0 unspecified atom stereocenters. The van der Waals surface area contributed by atoms with Crippen molar-refractivity contribution in [1.82, 2.24) is 9.97 Å². The van der Waals surface area contributed by atoms with Crippen molar-refractivity contribution in [2.24, 2.45) is 0 Å². The van der Waals surface area contributed by atoms with E-state index in [1.54, 1.807) is 11.3 Å². The topological polar surface area (TPSA) is 31.6 Å². The fourth-order valence-electron chi connectivity index (χ4n) is 2.58. The van der Waals surface area contributed by atoms with Crippen molar-refractivity contribution in [3.8, 4) is 9.75 Å². The second-order valence-corrected chi connectivity index (χ2v) is 6.93. The SMILES string of the molecule is c1c[nH]c(C(c2ccc[nH]2)c2ccc(-c3cccs3)s2)c1. The smallest absolute Gasteiger partial charge is 0.0735 e. The van der Waals surface area contributed by atoms with Crippen molar-refractivity contribution >= 4 is 22.7 Å². The van der Waals surface area contributed by atoms with E-state index in [0.717, 1.165) is 0 Å². The van der Waals surface area contributed by atoms with E-state index in [-0.39, 0.29) is 5.92 Å². The number of H-pyrrole nitrogens is 2. The summed E-state index contributed by atoms with van der Waals surface area (Å²) in [5, 5.41) is 2.13. The summed E-state index contributed by atoms with van der Waals surface area (Å²) in [5.41, 5.74) is 2.44. The van der Waals surface area contributed by atoms with E-state index in [9.17, 15) is 0 Å². The van der Waals surface area contributed by atoms with Gasteiger partial charge >= 0.3 is 0 Å². The van der Waals surface area contributed by atoms with Crippen LogP contribution >= 0.6 is 22.7 Å². The monoisotopic (exact) mass is 310 g/mol. The number of aromatic amines is 2. The Kier molecular flexibility index (Phi) is 3.25. The molecule has 0 saturated heterocycles. The van der Waals surface area contributed by atoms with Crippen LogP contribution in [0.2, 0.25) is 0 Å². The van der Waals surface area contributed by atoms with Gasteiger partial charge in [0.05, 0.1) is 5.92 Å². The zero-order valence-electron chi connectivity index (χ0n) is 11.2. The predicted octanol–water partition coefficient (Wildman–Crippen LogP) is 5.31. The van der Waals surface area contributed by atoms with Gasteiger partial charge < -0.3 is 9.97 Å². The number of thiophene rings is 2. The lowest BCUT2D eigenvalue weighted by Crippen LogP contribution is -2.01. The average molecular weight is 310 g/mol. The molecule has 0 atom stereocenters. The van der Waals surface area contributed by atoms with E-state index < -0.39 is 0 Å². The highest BCUT2D eigenvalue weighted by Gasteiger charge is 2.20. The summed E-state index contributed by atoms with van der Waals surface area (Å²) >= 11 is 3.66. The fourth-order valence-corrected chi connectivity index (χ4v) is 4.56. The van der Waals surface area contributed by atoms with Gasteiger partial charge in [0.25, 0.3) is 0 Å². The molecule has 4 heterocycles. The molecule has 0 bridgehead atoms. The maximum Gasteiger partial charge on any atom is 0.0735 e. The van der Waals surface area contributed by atoms with E-state index >= 15 is 0 Å². The number of rotatable bonds is 4. The largest absolute Gasteiger partial charge is 0.364 e. The molecule has 0 saturated carbocycles. The third-order valence-electron chi connectivity index (χ3n) is 3.54. The van der Waals surface area contributed by atoms with Gasteiger partial charge in [-0.25, -0.2) is 0 Å². The van der Waals surface area contributed by atoms with E-state index in [0.29, 0.717) is 0 Å². The second kappa shape index (κ2) is 5.39.